The molecular formula is C17H31IN6O. The minimum atomic E-state index is -0.325. The summed E-state index contributed by atoms with van der Waals surface area (Å²) in [5, 5.41) is 21.4. The molecule has 3 rings (SSSR count). The van der Waals surface area contributed by atoms with Crippen LogP contribution >= 0.6 is 24.0 Å². The van der Waals surface area contributed by atoms with Crippen LogP contribution in [0.4, 0.5) is 0 Å². The summed E-state index contributed by atoms with van der Waals surface area (Å²) in [6.07, 6.45) is 9.32. The molecule has 8 heteroatoms. The van der Waals surface area contributed by atoms with Crippen LogP contribution < -0.4 is 10.6 Å². The zero-order valence-corrected chi connectivity index (χ0v) is 17.4. The molecular weight excluding hydrogens is 431 g/mol. The number of hydrogen-bond acceptors (Lipinski definition) is 4. The van der Waals surface area contributed by atoms with Gasteiger partial charge < -0.3 is 15.7 Å². The Morgan fingerprint density at radius 3 is 2.92 bits per heavy atom. The summed E-state index contributed by atoms with van der Waals surface area (Å²) in [6.45, 7) is 4.16. The number of halogens is 1. The van der Waals surface area contributed by atoms with E-state index >= 15 is 0 Å². The molecule has 1 aliphatic heterocycles. The first-order chi connectivity index (χ1) is 11.8. The van der Waals surface area contributed by atoms with E-state index in [-0.39, 0.29) is 30.1 Å². The fourth-order valence-corrected chi connectivity index (χ4v) is 3.72. The molecule has 0 saturated heterocycles. The molecule has 142 valence electrons. The topological polar surface area (TPSA) is 87.4 Å². The van der Waals surface area contributed by atoms with E-state index in [2.05, 4.69) is 32.6 Å². The van der Waals surface area contributed by atoms with Gasteiger partial charge in [-0.25, -0.2) is 9.67 Å². The second-order valence-electron chi connectivity index (χ2n) is 6.92. The maximum absolute atomic E-state index is 10.4. The Hall–Kier alpha value is -0.900. The molecule has 7 nitrogen and oxygen atoms in total. The van der Waals surface area contributed by atoms with Gasteiger partial charge in [-0.3, -0.25) is 4.99 Å². The molecule has 2 aliphatic rings. The SMILES string of the molecule is CCNC(=NCC(O)C1CCCCC1)NC1CCc2ncnn2C1.I. The molecule has 0 spiro atoms. The second kappa shape index (κ2) is 10.3. The first-order valence-corrected chi connectivity index (χ1v) is 9.36. The van der Waals surface area contributed by atoms with E-state index in [1.54, 1.807) is 6.33 Å². The van der Waals surface area contributed by atoms with E-state index in [0.29, 0.717) is 18.5 Å². The lowest BCUT2D eigenvalue weighted by Crippen LogP contribution is -2.47. The number of fused-ring (bicyclic) bond motifs is 1. The highest BCUT2D eigenvalue weighted by molar-refractivity contribution is 14.0. The molecule has 0 aromatic carbocycles. The van der Waals surface area contributed by atoms with Crippen LogP contribution in [-0.4, -0.2) is 51.1 Å². The van der Waals surface area contributed by atoms with Gasteiger partial charge >= 0.3 is 0 Å². The van der Waals surface area contributed by atoms with E-state index in [4.69, 9.17) is 0 Å². The number of aliphatic hydroxyl groups excluding tert-OH is 1. The minimum absolute atomic E-state index is 0. The van der Waals surface area contributed by atoms with E-state index in [1.165, 1.54) is 19.3 Å². The maximum Gasteiger partial charge on any atom is 0.191 e. The van der Waals surface area contributed by atoms with Crippen molar-refractivity contribution >= 4 is 29.9 Å². The Bertz CT molecular complexity index is 543. The number of aromatic nitrogens is 3. The molecule has 3 N–H and O–H groups in total. The van der Waals surface area contributed by atoms with Crippen LogP contribution in [0, 0.1) is 5.92 Å². The molecule has 2 heterocycles. The van der Waals surface area contributed by atoms with Gasteiger partial charge in [-0.05, 0) is 32.1 Å². The Morgan fingerprint density at radius 1 is 1.36 bits per heavy atom. The Labute approximate surface area is 167 Å². The smallest absolute Gasteiger partial charge is 0.191 e. The summed E-state index contributed by atoms with van der Waals surface area (Å²) in [6, 6.07) is 0.295. The lowest BCUT2D eigenvalue weighted by molar-refractivity contribution is 0.0923. The molecule has 2 unspecified atom stereocenters. The van der Waals surface area contributed by atoms with Crippen LogP contribution in [0.1, 0.15) is 51.3 Å². The molecule has 25 heavy (non-hydrogen) atoms. The van der Waals surface area contributed by atoms with Crippen LogP contribution in [0.25, 0.3) is 0 Å². The van der Waals surface area contributed by atoms with Crippen LogP contribution in [-0.2, 0) is 13.0 Å². The highest BCUT2D eigenvalue weighted by Gasteiger charge is 2.23. The fraction of sp³-hybridized carbons (Fsp3) is 0.824. The highest BCUT2D eigenvalue weighted by atomic mass is 127. The highest BCUT2D eigenvalue weighted by Crippen LogP contribution is 2.26. The molecule has 0 amide bonds. The van der Waals surface area contributed by atoms with Crippen molar-refractivity contribution in [1.29, 1.82) is 0 Å². The zero-order chi connectivity index (χ0) is 16.8. The maximum atomic E-state index is 10.4. The van der Waals surface area contributed by atoms with E-state index in [0.717, 1.165) is 50.6 Å². The summed E-state index contributed by atoms with van der Waals surface area (Å²) in [7, 11) is 0. The molecule has 1 saturated carbocycles. The lowest BCUT2D eigenvalue weighted by Gasteiger charge is -2.27. The van der Waals surface area contributed by atoms with Crippen LogP contribution in [0.15, 0.2) is 11.3 Å². The predicted molar refractivity (Wildman–Crippen MR) is 109 cm³/mol. The fourth-order valence-electron chi connectivity index (χ4n) is 3.72. The van der Waals surface area contributed by atoms with Crippen molar-refractivity contribution in [2.24, 2.45) is 10.9 Å². The molecule has 1 fully saturated rings. The van der Waals surface area contributed by atoms with Crippen molar-refractivity contribution in [3.63, 3.8) is 0 Å². The number of aryl methyl sites for hydroxylation is 1. The molecule has 1 aliphatic carbocycles. The number of hydrogen-bond donors (Lipinski definition) is 3. The van der Waals surface area contributed by atoms with Gasteiger partial charge in [0.05, 0.1) is 19.2 Å². The van der Waals surface area contributed by atoms with Crippen molar-refractivity contribution in [2.45, 2.75) is 70.6 Å². The first kappa shape index (κ1) is 20.4. The lowest BCUT2D eigenvalue weighted by atomic mass is 9.85. The van der Waals surface area contributed by atoms with Gasteiger partial charge in [-0.1, -0.05) is 19.3 Å². The van der Waals surface area contributed by atoms with Gasteiger partial charge in [0.15, 0.2) is 5.96 Å². The number of aliphatic hydroxyl groups is 1. The van der Waals surface area contributed by atoms with E-state index in [1.807, 2.05) is 4.68 Å². The normalized spacial score (nSPS) is 22.6. The molecule has 1 aromatic rings. The van der Waals surface area contributed by atoms with Crippen LogP contribution in [0.5, 0.6) is 0 Å². The van der Waals surface area contributed by atoms with Gasteiger partial charge in [0.1, 0.15) is 12.2 Å². The predicted octanol–water partition coefficient (Wildman–Crippen LogP) is 1.71. The summed E-state index contributed by atoms with van der Waals surface area (Å²) >= 11 is 0. The third-order valence-electron chi connectivity index (χ3n) is 5.12. The third-order valence-corrected chi connectivity index (χ3v) is 5.12. The van der Waals surface area contributed by atoms with Gasteiger partial charge in [0.2, 0.25) is 0 Å². The molecule has 0 radical (unpaired) electrons. The largest absolute Gasteiger partial charge is 0.391 e. The average Bonchev–Trinajstić information content (AvgIpc) is 3.08. The number of nitrogens with zero attached hydrogens (tertiary/aromatic N) is 4. The van der Waals surface area contributed by atoms with Gasteiger partial charge in [-0.2, -0.15) is 5.10 Å². The Balaban J connectivity index is 0.00000225. The summed E-state index contributed by atoms with van der Waals surface area (Å²) < 4.78 is 1.96. The van der Waals surface area contributed by atoms with E-state index < -0.39 is 0 Å². The molecule has 2 atom stereocenters. The number of nitrogens with one attached hydrogen (secondary N) is 2. The van der Waals surface area contributed by atoms with Crippen LogP contribution in [0.2, 0.25) is 0 Å². The van der Waals surface area contributed by atoms with Crippen molar-refractivity contribution in [2.75, 3.05) is 13.1 Å². The molecule has 1 aromatic heterocycles. The molecule has 0 bridgehead atoms. The summed E-state index contributed by atoms with van der Waals surface area (Å²) in [5.74, 6) is 2.27. The quantitative estimate of drug-likeness (QED) is 0.353. The zero-order valence-electron chi connectivity index (χ0n) is 15.0. The van der Waals surface area contributed by atoms with Crippen molar-refractivity contribution in [3.05, 3.63) is 12.2 Å². The van der Waals surface area contributed by atoms with Gasteiger partial charge in [0.25, 0.3) is 0 Å². The van der Waals surface area contributed by atoms with Crippen LogP contribution in [0.3, 0.4) is 0 Å². The second-order valence-corrected chi connectivity index (χ2v) is 6.92. The standard InChI is InChI=1S/C17H30N6O.HI/c1-2-18-17(19-10-15(24)13-6-4-3-5-7-13)22-14-8-9-16-20-12-21-23(16)11-14;/h12-15,24H,2-11H2,1H3,(H2,18,19,22);1H. The monoisotopic (exact) mass is 462 g/mol. The number of rotatable bonds is 5. The van der Waals surface area contributed by atoms with Gasteiger partial charge in [0, 0.05) is 19.0 Å². The number of aliphatic imine (C=N–C) groups is 1. The first-order valence-electron chi connectivity index (χ1n) is 9.36. The average molecular weight is 462 g/mol. The summed E-state index contributed by atoms with van der Waals surface area (Å²) in [5.41, 5.74) is 0. The third kappa shape index (κ3) is 5.80. The Kier molecular flexibility index (Phi) is 8.41. The van der Waals surface area contributed by atoms with Crippen molar-refractivity contribution in [1.82, 2.24) is 25.4 Å². The minimum Gasteiger partial charge on any atom is -0.391 e. The van der Waals surface area contributed by atoms with E-state index in [9.17, 15) is 5.11 Å². The summed E-state index contributed by atoms with van der Waals surface area (Å²) in [4.78, 5) is 8.89. The van der Waals surface area contributed by atoms with Crippen molar-refractivity contribution < 1.29 is 5.11 Å². The van der Waals surface area contributed by atoms with Crippen molar-refractivity contribution in [3.8, 4) is 0 Å². The number of guanidine groups is 1. The Morgan fingerprint density at radius 2 is 2.16 bits per heavy atom. The van der Waals surface area contributed by atoms with Gasteiger partial charge in [-0.15, -0.1) is 24.0 Å².